The molecule has 1 atom stereocenters. The minimum Gasteiger partial charge on any atom is -0.493 e. The van der Waals surface area contributed by atoms with Crippen molar-refractivity contribution in [3.63, 3.8) is 0 Å². The van der Waals surface area contributed by atoms with Crippen molar-refractivity contribution in [3.05, 3.63) is 81.9 Å². The van der Waals surface area contributed by atoms with E-state index >= 15 is 0 Å². The van der Waals surface area contributed by atoms with Gasteiger partial charge in [-0.25, -0.2) is 15.2 Å². The molecule has 0 unspecified atom stereocenters. The lowest BCUT2D eigenvalue weighted by atomic mass is 10.1. The summed E-state index contributed by atoms with van der Waals surface area (Å²) in [6, 6.07) is 10.5. The Kier molecular flexibility index (Phi) is 8.92. The van der Waals surface area contributed by atoms with Crippen molar-refractivity contribution in [2.75, 3.05) is 14.2 Å². The number of hydrogen-bond donors (Lipinski definition) is 3. The Bertz CT molecular complexity index is 1220. The first-order chi connectivity index (χ1) is 17.4. The van der Waals surface area contributed by atoms with Gasteiger partial charge >= 0.3 is 6.09 Å². The molecule has 0 saturated heterocycles. The molecule has 0 aliphatic carbocycles. The van der Waals surface area contributed by atoms with Crippen molar-refractivity contribution in [2.45, 2.75) is 19.1 Å². The highest BCUT2D eigenvalue weighted by atomic mass is 16.6. The van der Waals surface area contributed by atoms with Gasteiger partial charge in [-0.1, -0.05) is 30.3 Å². The van der Waals surface area contributed by atoms with E-state index in [1.807, 2.05) is 18.2 Å². The molecule has 0 saturated carbocycles. The standard InChI is InChI=1S/C23H24N6O7/c1-34-20-8-16(19(29(32)33)10-21(20)35-2)11-26-28-22(30)18(9-17-12-24-14-25-17)27-23(31)36-13-15-6-4-3-5-7-15/h3-8,10-12,14,18H,9,13H2,1-2H3,(H,24,25)(H,27,31)(H,28,30)/b26-11-/t18-/m1/s1. The number of rotatable bonds is 11. The van der Waals surface area contributed by atoms with E-state index in [1.54, 1.807) is 12.1 Å². The maximum absolute atomic E-state index is 12.8. The molecule has 3 rings (SSSR count). The Morgan fingerprint density at radius 1 is 1.19 bits per heavy atom. The molecular formula is C23H24N6O7. The summed E-state index contributed by atoms with van der Waals surface area (Å²) >= 11 is 0. The summed E-state index contributed by atoms with van der Waals surface area (Å²) in [5, 5.41) is 17.8. The van der Waals surface area contributed by atoms with Crippen LogP contribution < -0.4 is 20.2 Å². The number of carbonyl (C=O) groups excluding carboxylic acids is 2. The highest BCUT2D eigenvalue weighted by Gasteiger charge is 2.23. The van der Waals surface area contributed by atoms with E-state index < -0.39 is 23.0 Å². The molecule has 2 amide bonds. The number of nitro benzene ring substituents is 1. The number of imidazole rings is 1. The zero-order valence-electron chi connectivity index (χ0n) is 19.5. The van der Waals surface area contributed by atoms with Crippen LogP contribution in [0.2, 0.25) is 0 Å². The number of aromatic amines is 1. The van der Waals surface area contributed by atoms with Gasteiger partial charge in [0.1, 0.15) is 12.6 Å². The molecule has 2 aromatic carbocycles. The third kappa shape index (κ3) is 7.03. The Morgan fingerprint density at radius 2 is 1.92 bits per heavy atom. The minimum atomic E-state index is -1.08. The second-order valence-electron chi connectivity index (χ2n) is 7.30. The average Bonchev–Trinajstić information content (AvgIpc) is 3.40. The molecule has 0 aliphatic rings. The zero-order valence-corrected chi connectivity index (χ0v) is 19.5. The smallest absolute Gasteiger partial charge is 0.408 e. The van der Waals surface area contributed by atoms with E-state index in [0.29, 0.717) is 5.69 Å². The van der Waals surface area contributed by atoms with Gasteiger partial charge in [-0.3, -0.25) is 14.9 Å². The van der Waals surface area contributed by atoms with Crippen LogP contribution >= 0.6 is 0 Å². The van der Waals surface area contributed by atoms with Gasteiger partial charge in [0.15, 0.2) is 11.5 Å². The number of carbonyl (C=O) groups is 2. The maximum atomic E-state index is 12.8. The molecule has 188 valence electrons. The topological polar surface area (TPSA) is 170 Å². The number of hydrazone groups is 1. The fourth-order valence-corrected chi connectivity index (χ4v) is 3.12. The van der Waals surface area contributed by atoms with Gasteiger partial charge in [-0.2, -0.15) is 5.10 Å². The summed E-state index contributed by atoms with van der Waals surface area (Å²) < 4.78 is 15.5. The fourth-order valence-electron chi connectivity index (χ4n) is 3.12. The van der Waals surface area contributed by atoms with Gasteiger partial charge in [0.25, 0.3) is 11.6 Å². The van der Waals surface area contributed by atoms with Crippen molar-refractivity contribution in [1.82, 2.24) is 20.7 Å². The number of nitrogens with one attached hydrogen (secondary N) is 3. The van der Waals surface area contributed by atoms with E-state index in [2.05, 4.69) is 25.8 Å². The Labute approximate surface area is 205 Å². The molecule has 0 spiro atoms. The maximum Gasteiger partial charge on any atom is 0.408 e. The Morgan fingerprint density at radius 3 is 2.56 bits per heavy atom. The average molecular weight is 496 g/mol. The number of aromatic nitrogens is 2. The molecule has 36 heavy (non-hydrogen) atoms. The normalized spacial score (nSPS) is 11.5. The number of amides is 2. The monoisotopic (exact) mass is 496 g/mol. The first-order valence-corrected chi connectivity index (χ1v) is 10.6. The number of hydrogen-bond acceptors (Lipinski definition) is 9. The van der Waals surface area contributed by atoms with Crippen molar-refractivity contribution < 1.29 is 28.7 Å². The summed E-state index contributed by atoms with van der Waals surface area (Å²) in [6.07, 6.45) is 3.30. The molecule has 0 radical (unpaired) electrons. The van der Waals surface area contributed by atoms with Gasteiger partial charge in [0.05, 0.1) is 43.3 Å². The molecule has 0 fully saturated rings. The van der Waals surface area contributed by atoms with Crippen LogP contribution in [0.15, 0.2) is 60.1 Å². The van der Waals surface area contributed by atoms with Gasteiger partial charge in [-0.05, 0) is 11.6 Å². The Balaban J connectivity index is 1.70. The van der Waals surface area contributed by atoms with E-state index in [1.165, 1.54) is 38.9 Å². The molecule has 13 nitrogen and oxygen atoms in total. The summed E-state index contributed by atoms with van der Waals surface area (Å²) in [5.41, 5.74) is 3.41. The van der Waals surface area contributed by atoms with Crippen LogP contribution in [-0.4, -0.2) is 53.4 Å². The predicted molar refractivity (Wildman–Crippen MR) is 128 cm³/mol. The third-order valence-electron chi connectivity index (χ3n) is 4.91. The van der Waals surface area contributed by atoms with Crippen LogP contribution in [0.1, 0.15) is 16.8 Å². The number of benzene rings is 2. The van der Waals surface area contributed by atoms with E-state index in [0.717, 1.165) is 11.8 Å². The molecular weight excluding hydrogens is 472 g/mol. The molecule has 3 aromatic rings. The largest absolute Gasteiger partial charge is 0.493 e. The van der Waals surface area contributed by atoms with Crippen LogP contribution in [0, 0.1) is 10.1 Å². The molecule has 0 aliphatic heterocycles. The van der Waals surface area contributed by atoms with Crippen LogP contribution in [-0.2, 0) is 22.6 Å². The highest BCUT2D eigenvalue weighted by Crippen LogP contribution is 2.33. The number of H-pyrrole nitrogens is 1. The van der Waals surface area contributed by atoms with Crippen LogP contribution in [0.25, 0.3) is 0 Å². The van der Waals surface area contributed by atoms with Gasteiger partial charge in [0.2, 0.25) is 0 Å². The first kappa shape index (κ1) is 25.7. The van der Waals surface area contributed by atoms with Crippen LogP contribution in [0.5, 0.6) is 11.5 Å². The van der Waals surface area contributed by atoms with Crippen molar-refractivity contribution in [3.8, 4) is 11.5 Å². The van der Waals surface area contributed by atoms with Crippen LogP contribution in [0.3, 0.4) is 0 Å². The quantitative estimate of drug-likeness (QED) is 0.206. The SMILES string of the molecule is COc1cc(/C=N\NC(=O)[C@@H](Cc2cnc[nH]2)NC(=O)OCc2ccccc2)c([N+](=O)[O-])cc1OC. The predicted octanol–water partition coefficient (Wildman–Crippen LogP) is 2.32. The molecule has 13 heteroatoms. The van der Waals surface area contributed by atoms with Crippen molar-refractivity contribution in [2.24, 2.45) is 5.10 Å². The molecule has 1 aromatic heterocycles. The lowest BCUT2D eigenvalue weighted by Crippen LogP contribution is -2.47. The summed E-state index contributed by atoms with van der Waals surface area (Å²) in [4.78, 5) is 42.7. The van der Waals surface area contributed by atoms with Gasteiger partial charge in [-0.15, -0.1) is 0 Å². The van der Waals surface area contributed by atoms with Crippen molar-refractivity contribution >= 4 is 23.9 Å². The summed E-state index contributed by atoms with van der Waals surface area (Å²) in [6.45, 7) is 0.0200. The second-order valence-corrected chi connectivity index (χ2v) is 7.30. The number of ether oxygens (including phenoxy) is 3. The van der Waals surface area contributed by atoms with Crippen LogP contribution in [0.4, 0.5) is 10.5 Å². The lowest BCUT2D eigenvalue weighted by Gasteiger charge is -2.16. The fraction of sp³-hybridized carbons (Fsp3) is 0.217. The summed E-state index contributed by atoms with van der Waals surface area (Å²) in [7, 11) is 2.74. The minimum absolute atomic E-state index is 0.0200. The number of nitro groups is 1. The number of alkyl carbamates (subject to hydrolysis) is 1. The summed E-state index contributed by atoms with van der Waals surface area (Å²) in [5.74, 6) is -0.264. The van der Waals surface area contributed by atoms with E-state index in [9.17, 15) is 19.7 Å². The highest BCUT2D eigenvalue weighted by molar-refractivity contribution is 5.90. The number of methoxy groups -OCH3 is 2. The first-order valence-electron chi connectivity index (χ1n) is 10.6. The molecule has 0 bridgehead atoms. The zero-order chi connectivity index (χ0) is 25.9. The molecule has 1 heterocycles. The number of nitrogens with zero attached hydrogens (tertiary/aromatic N) is 3. The van der Waals surface area contributed by atoms with Crippen molar-refractivity contribution in [1.29, 1.82) is 0 Å². The van der Waals surface area contributed by atoms with Gasteiger partial charge < -0.3 is 24.5 Å². The Hall–Kier alpha value is -4.94. The van der Waals surface area contributed by atoms with Gasteiger partial charge in [0, 0.05) is 18.3 Å². The molecule has 3 N–H and O–H groups in total. The van der Waals surface area contributed by atoms with E-state index in [4.69, 9.17) is 14.2 Å². The lowest BCUT2D eigenvalue weighted by molar-refractivity contribution is -0.385. The second kappa shape index (κ2) is 12.5. The van der Waals surface area contributed by atoms with E-state index in [-0.39, 0.29) is 35.8 Å². The third-order valence-corrected chi connectivity index (χ3v) is 4.91.